The van der Waals surface area contributed by atoms with Crippen molar-refractivity contribution in [3.05, 3.63) is 63.9 Å². The number of nitrogens with zero attached hydrogens (tertiary/aromatic N) is 1. The smallest absolute Gasteiger partial charge is 0.124 e. The summed E-state index contributed by atoms with van der Waals surface area (Å²) in [4.78, 5) is 1.94. The summed E-state index contributed by atoms with van der Waals surface area (Å²) in [5.41, 5.74) is 7.97. The van der Waals surface area contributed by atoms with Crippen LogP contribution in [0.2, 0.25) is 0 Å². The van der Waals surface area contributed by atoms with Crippen molar-refractivity contribution >= 4 is 27.5 Å². The van der Waals surface area contributed by atoms with E-state index in [9.17, 15) is 4.39 Å². The molecule has 0 saturated carbocycles. The number of amidine groups is 1. The van der Waals surface area contributed by atoms with Gasteiger partial charge in [-0.15, -0.1) is 0 Å². The zero-order chi connectivity index (χ0) is 14.7. The lowest BCUT2D eigenvalue weighted by Gasteiger charge is -2.22. The Bertz CT molecular complexity index is 643. The van der Waals surface area contributed by atoms with Gasteiger partial charge in [0.15, 0.2) is 0 Å². The lowest BCUT2D eigenvalue weighted by atomic mass is 10.1. The van der Waals surface area contributed by atoms with E-state index in [4.69, 9.17) is 11.1 Å². The monoisotopic (exact) mass is 335 g/mol. The molecule has 0 unspecified atom stereocenters. The molecule has 3 nitrogen and oxygen atoms in total. The van der Waals surface area contributed by atoms with Crippen molar-refractivity contribution in [3.63, 3.8) is 0 Å². The highest BCUT2D eigenvalue weighted by Gasteiger charge is 2.11. The van der Waals surface area contributed by atoms with Gasteiger partial charge in [0, 0.05) is 29.3 Å². The summed E-state index contributed by atoms with van der Waals surface area (Å²) >= 11 is 3.37. The van der Waals surface area contributed by atoms with E-state index in [2.05, 4.69) is 15.9 Å². The van der Waals surface area contributed by atoms with Crippen molar-refractivity contribution < 1.29 is 4.39 Å². The molecule has 0 bridgehead atoms. The lowest BCUT2D eigenvalue weighted by molar-refractivity contribution is 0.625. The number of nitrogens with one attached hydrogen (secondary N) is 1. The minimum atomic E-state index is -0.251. The van der Waals surface area contributed by atoms with Gasteiger partial charge in [0.2, 0.25) is 0 Å². The van der Waals surface area contributed by atoms with Crippen LogP contribution in [0.5, 0.6) is 0 Å². The maximum atomic E-state index is 13.2. The van der Waals surface area contributed by atoms with Crippen LogP contribution < -0.4 is 10.6 Å². The van der Waals surface area contributed by atoms with Crippen LogP contribution in [-0.4, -0.2) is 12.9 Å². The fraction of sp³-hybridized carbons (Fsp3) is 0.133. The maximum Gasteiger partial charge on any atom is 0.124 e. The van der Waals surface area contributed by atoms with Gasteiger partial charge in [-0.1, -0.05) is 28.1 Å². The molecule has 0 aliphatic carbocycles. The third-order valence-corrected chi connectivity index (χ3v) is 3.46. The maximum absolute atomic E-state index is 13.2. The van der Waals surface area contributed by atoms with Crippen molar-refractivity contribution in [1.29, 1.82) is 5.41 Å². The van der Waals surface area contributed by atoms with Crippen molar-refractivity contribution in [2.75, 3.05) is 11.9 Å². The average molecular weight is 336 g/mol. The fourth-order valence-electron chi connectivity index (χ4n) is 2.05. The molecular weight excluding hydrogens is 321 g/mol. The predicted octanol–water partition coefficient (Wildman–Crippen LogP) is 3.51. The van der Waals surface area contributed by atoms with Crippen molar-refractivity contribution in [3.8, 4) is 0 Å². The molecule has 0 fully saturated rings. The first kappa shape index (κ1) is 14.5. The molecule has 0 aliphatic rings. The van der Waals surface area contributed by atoms with Gasteiger partial charge in [-0.25, -0.2) is 4.39 Å². The zero-order valence-electron chi connectivity index (χ0n) is 11.0. The highest BCUT2D eigenvalue weighted by Crippen LogP contribution is 2.24. The largest absolute Gasteiger partial charge is 0.384 e. The van der Waals surface area contributed by atoms with Crippen molar-refractivity contribution in [1.82, 2.24) is 0 Å². The molecule has 0 spiro atoms. The second-order valence-electron chi connectivity index (χ2n) is 4.56. The molecule has 0 heterocycles. The molecule has 104 valence electrons. The van der Waals surface area contributed by atoms with Crippen LogP contribution in [0.15, 0.2) is 46.9 Å². The summed E-state index contributed by atoms with van der Waals surface area (Å²) in [6.07, 6.45) is 0. The Balaban J connectivity index is 2.29. The second-order valence-corrected chi connectivity index (χ2v) is 5.48. The number of benzene rings is 2. The number of hydrogen-bond donors (Lipinski definition) is 2. The molecule has 5 heteroatoms. The van der Waals surface area contributed by atoms with Crippen LogP contribution in [0.4, 0.5) is 10.1 Å². The molecule has 0 saturated heterocycles. The molecule has 0 radical (unpaired) electrons. The Kier molecular flexibility index (Phi) is 4.39. The van der Waals surface area contributed by atoms with Crippen LogP contribution in [0, 0.1) is 11.2 Å². The molecule has 3 N–H and O–H groups in total. The third kappa shape index (κ3) is 3.36. The fourth-order valence-corrected chi connectivity index (χ4v) is 2.41. The number of halogens is 2. The van der Waals surface area contributed by atoms with E-state index in [0.717, 1.165) is 15.7 Å². The quantitative estimate of drug-likeness (QED) is 0.663. The predicted molar refractivity (Wildman–Crippen MR) is 83.7 cm³/mol. The van der Waals surface area contributed by atoms with E-state index in [1.807, 2.05) is 30.1 Å². The molecule has 20 heavy (non-hydrogen) atoms. The van der Waals surface area contributed by atoms with E-state index < -0.39 is 0 Å². The molecule has 2 aromatic rings. The van der Waals surface area contributed by atoms with E-state index in [1.54, 1.807) is 12.1 Å². The molecule has 2 rings (SSSR count). The van der Waals surface area contributed by atoms with E-state index in [1.165, 1.54) is 12.1 Å². The first-order valence-corrected chi connectivity index (χ1v) is 6.86. The Morgan fingerprint density at radius 3 is 2.70 bits per heavy atom. The molecule has 0 amide bonds. The Labute approximate surface area is 125 Å². The Morgan fingerprint density at radius 2 is 2.05 bits per heavy atom. The molecule has 0 atom stereocenters. The van der Waals surface area contributed by atoms with Crippen LogP contribution in [-0.2, 0) is 6.54 Å². The number of nitrogen functional groups attached to an aromatic ring is 1. The van der Waals surface area contributed by atoms with Crippen LogP contribution in [0.25, 0.3) is 0 Å². The topological polar surface area (TPSA) is 53.1 Å². The molecule has 2 aromatic carbocycles. The van der Waals surface area contributed by atoms with Crippen LogP contribution in [0.1, 0.15) is 11.1 Å². The summed E-state index contributed by atoms with van der Waals surface area (Å²) in [5, 5.41) is 7.65. The number of nitrogens with two attached hydrogens (primary N) is 1. The Morgan fingerprint density at radius 1 is 1.30 bits per heavy atom. The van der Waals surface area contributed by atoms with Crippen LogP contribution >= 0.6 is 15.9 Å². The summed E-state index contributed by atoms with van der Waals surface area (Å²) in [6.45, 7) is 0.541. The van der Waals surface area contributed by atoms with Gasteiger partial charge >= 0.3 is 0 Å². The van der Waals surface area contributed by atoms with Gasteiger partial charge in [0.05, 0.1) is 0 Å². The number of hydrogen-bond acceptors (Lipinski definition) is 2. The summed E-state index contributed by atoms with van der Waals surface area (Å²) in [5.74, 6) is -0.245. The second kappa shape index (κ2) is 6.05. The lowest BCUT2D eigenvalue weighted by Crippen LogP contribution is -2.22. The summed E-state index contributed by atoms with van der Waals surface area (Å²) in [7, 11) is 1.89. The van der Waals surface area contributed by atoms with Crippen LogP contribution in [0.3, 0.4) is 0 Å². The normalized spacial score (nSPS) is 10.3. The summed E-state index contributed by atoms with van der Waals surface area (Å²) in [6, 6.07) is 12.1. The van der Waals surface area contributed by atoms with Crippen molar-refractivity contribution in [2.45, 2.75) is 6.54 Å². The standard InChI is InChI=1S/C15H15BrFN3/c1-20(9-10-3-2-4-12(17)7-10)14-6-5-11(16)8-13(14)15(18)19/h2-8H,9H2,1H3,(H3,18,19). The van der Waals surface area contributed by atoms with E-state index in [0.29, 0.717) is 12.1 Å². The highest BCUT2D eigenvalue weighted by molar-refractivity contribution is 9.10. The highest BCUT2D eigenvalue weighted by atomic mass is 79.9. The average Bonchev–Trinajstić information content (AvgIpc) is 2.38. The molecular formula is C15H15BrFN3. The zero-order valence-corrected chi connectivity index (χ0v) is 12.6. The number of anilines is 1. The summed E-state index contributed by atoms with van der Waals surface area (Å²) < 4.78 is 14.1. The Hall–Kier alpha value is -1.88. The third-order valence-electron chi connectivity index (χ3n) is 2.97. The SMILES string of the molecule is CN(Cc1cccc(F)c1)c1ccc(Br)cc1C(=N)N. The first-order chi connectivity index (χ1) is 9.47. The van der Waals surface area contributed by atoms with Gasteiger partial charge in [0.1, 0.15) is 11.7 Å². The van der Waals surface area contributed by atoms with Gasteiger partial charge in [-0.3, -0.25) is 5.41 Å². The van der Waals surface area contributed by atoms with Crippen molar-refractivity contribution in [2.24, 2.45) is 5.73 Å². The van der Waals surface area contributed by atoms with E-state index in [-0.39, 0.29) is 11.7 Å². The van der Waals surface area contributed by atoms with Gasteiger partial charge in [-0.2, -0.15) is 0 Å². The minimum absolute atomic E-state index is 0.00684. The van der Waals surface area contributed by atoms with Gasteiger partial charge in [0.25, 0.3) is 0 Å². The number of rotatable bonds is 4. The van der Waals surface area contributed by atoms with Gasteiger partial charge < -0.3 is 10.6 Å². The van der Waals surface area contributed by atoms with E-state index >= 15 is 0 Å². The minimum Gasteiger partial charge on any atom is -0.384 e. The van der Waals surface area contributed by atoms with Gasteiger partial charge in [-0.05, 0) is 35.9 Å². The molecule has 0 aromatic heterocycles. The molecule has 0 aliphatic heterocycles. The first-order valence-electron chi connectivity index (χ1n) is 6.07.